The summed E-state index contributed by atoms with van der Waals surface area (Å²) in [5.74, 6) is -2.39. The van der Waals surface area contributed by atoms with Gasteiger partial charge in [-0.25, -0.2) is 26.6 Å². The molecule has 2 aliphatic heterocycles. The average molecular weight is 712 g/mol. The average Bonchev–Trinajstić information content (AvgIpc) is 3.57. The molecule has 0 fully saturated rings. The molecule has 0 saturated carbocycles. The largest absolute Gasteiger partial charge is 0.504 e. The molecule has 0 aromatic carbocycles. The third kappa shape index (κ3) is 6.32. The highest BCUT2D eigenvalue weighted by Crippen LogP contribution is 2.43. The fraction of sp³-hybridized carbons (Fsp3) is 0.208. The number of halogens is 2. The van der Waals surface area contributed by atoms with Crippen LogP contribution in [-0.2, 0) is 34.4 Å². The van der Waals surface area contributed by atoms with Crippen LogP contribution in [0.1, 0.15) is 23.6 Å². The number of carbonyl (C=O) groups excluding carboxylic acids is 2. The van der Waals surface area contributed by atoms with E-state index in [9.17, 15) is 36.6 Å². The number of anilines is 1. The van der Waals surface area contributed by atoms with Crippen LogP contribution < -0.4 is 5.32 Å². The van der Waals surface area contributed by atoms with Crippen molar-refractivity contribution in [2.75, 3.05) is 26.5 Å². The van der Waals surface area contributed by atoms with Crippen LogP contribution in [0.3, 0.4) is 0 Å². The lowest BCUT2D eigenvalue weighted by Gasteiger charge is -2.26. The SMILES string of the molecule is CC.CN1C(C(=O)Nc2ccccn2)=C(O)c2sc(Cl)cc2S1(=O)=O.COC(=O)C1=C(O)c2sc(Cl)cc2S(=O)(=O)N1C. The number of amides is 1. The Morgan fingerprint density at radius 2 is 1.35 bits per heavy atom. The van der Waals surface area contributed by atoms with E-state index in [-0.39, 0.29) is 39.7 Å². The minimum Gasteiger partial charge on any atom is -0.504 e. The Morgan fingerprint density at radius 3 is 1.79 bits per heavy atom. The number of pyridine rings is 1. The lowest BCUT2D eigenvalue weighted by Crippen LogP contribution is -2.36. The Hall–Kier alpha value is -3.35. The van der Waals surface area contributed by atoms with Crippen LogP contribution in [0.15, 0.2) is 57.7 Å². The molecule has 0 aliphatic carbocycles. The molecule has 3 aromatic heterocycles. The molecule has 3 N–H and O–H groups in total. The van der Waals surface area contributed by atoms with E-state index in [0.29, 0.717) is 4.31 Å². The van der Waals surface area contributed by atoms with Crippen LogP contribution in [0.4, 0.5) is 5.82 Å². The van der Waals surface area contributed by atoms with Gasteiger partial charge in [-0.2, -0.15) is 0 Å². The summed E-state index contributed by atoms with van der Waals surface area (Å²) >= 11 is 13.3. The van der Waals surface area contributed by atoms with E-state index in [1.54, 1.807) is 18.2 Å². The standard InChI is InChI=1S/C13H10ClN3O4S2.C9H8ClNO5S2.C2H6/c1-17-10(13(19)16-9-4-2-3-5-15-9)11(18)12-7(23(17,20)21)6-8(14)22-12;1-11-6(9(13)16-2)7(12)8-4(18(11,14)15)3-5(10)17-8;1-2/h2-6,18H,1H3,(H,15,16,19);3,12H,1-2H3;1-2H3. The van der Waals surface area contributed by atoms with E-state index in [0.717, 1.165) is 41.1 Å². The number of methoxy groups -OCH3 is 1. The van der Waals surface area contributed by atoms with Gasteiger partial charge in [-0.05, 0) is 24.3 Å². The number of ether oxygens (including phenoxy) is 1. The predicted octanol–water partition coefficient (Wildman–Crippen LogP) is 4.76. The molecule has 5 rings (SSSR count). The molecule has 0 bridgehead atoms. The second kappa shape index (κ2) is 13.1. The maximum absolute atomic E-state index is 12.5. The number of hydrogen-bond acceptors (Lipinski definition) is 12. The first-order chi connectivity index (χ1) is 20.1. The van der Waals surface area contributed by atoms with Gasteiger partial charge >= 0.3 is 5.97 Å². The molecule has 0 radical (unpaired) electrons. The van der Waals surface area contributed by atoms with Gasteiger partial charge in [0.1, 0.15) is 15.6 Å². The Balaban J connectivity index is 0.000000229. The van der Waals surface area contributed by atoms with Crippen molar-refractivity contribution in [2.45, 2.75) is 23.6 Å². The third-order valence-electron chi connectivity index (χ3n) is 5.62. The predicted molar refractivity (Wildman–Crippen MR) is 164 cm³/mol. The lowest BCUT2D eigenvalue weighted by atomic mass is 10.3. The van der Waals surface area contributed by atoms with Crippen LogP contribution in [0.2, 0.25) is 8.67 Å². The van der Waals surface area contributed by atoms with E-state index in [1.807, 2.05) is 13.8 Å². The van der Waals surface area contributed by atoms with Gasteiger partial charge in [0.2, 0.25) is 0 Å². The fourth-order valence-corrected chi connectivity index (χ4v) is 9.53. The second-order valence-corrected chi connectivity index (χ2v) is 15.2. The zero-order chi connectivity index (χ0) is 32.4. The van der Waals surface area contributed by atoms with Crippen molar-refractivity contribution in [1.29, 1.82) is 0 Å². The van der Waals surface area contributed by atoms with Crippen LogP contribution in [-0.4, -0.2) is 73.7 Å². The van der Waals surface area contributed by atoms with Crippen molar-refractivity contribution in [1.82, 2.24) is 13.6 Å². The number of fused-ring (bicyclic) bond motifs is 2. The Kier molecular flexibility index (Phi) is 10.4. The number of carbonyl (C=O) groups is 2. The summed E-state index contributed by atoms with van der Waals surface area (Å²) in [6.45, 7) is 4.00. The number of esters is 1. The van der Waals surface area contributed by atoms with Crippen molar-refractivity contribution in [3.8, 4) is 0 Å². The van der Waals surface area contributed by atoms with Crippen LogP contribution in [0.25, 0.3) is 11.5 Å². The Morgan fingerprint density at radius 1 is 0.884 bits per heavy atom. The molecular weight excluding hydrogens is 687 g/mol. The number of rotatable bonds is 3. The normalized spacial score (nSPS) is 16.2. The number of sulfonamides is 2. The van der Waals surface area contributed by atoms with Crippen molar-refractivity contribution < 1.29 is 41.4 Å². The molecule has 0 spiro atoms. The van der Waals surface area contributed by atoms with Crippen molar-refractivity contribution in [3.63, 3.8) is 0 Å². The first-order valence-electron chi connectivity index (χ1n) is 11.9. The Labute approximate surface area is 265 Å². The minimum absolute atomic E-state index is 0.0403. The van der Waals surface area contributed by atoms with E-state index >= 15 is 0 Å². The number of aliphatic hydroxyl groups excluding tert-OH is 2. The molecule has 0 atom stereocenters. The quantitative estimate of drug-likeness (QED) is 0.320. The summed E-state index contributed by atoms with van der Waals surface area (Å²) in [7, 11) is -4.41. The maximum Gasteiger partial charge on any atom is 0.359 e. The third-order valence-corrected chi connectivity index (χ3v) is 12.0. The lowest BCUT2D eigenvalue weighted by molar-refractivity contribution is -0.137. The van der Waals surface area contributed by atoms with E-state index < -0.39 is 49.1 Å². The van der Waals surface area contributed by atoms with Crippen LogP contribution >= 0.6 is 45.9 Å². The molecule has 19 heteroatoms. The molecule has 3 aromatic rings. The Bertz CT molecular complexity index is 1850. The number of aliphatic hydroxyl groups is 2. The zero-order valence-corrected chi connectivity index (χ0v) is 27.7. The van der Waals surface area contributed by atoms with Crippen molar-refractivity contribution in [3.05, 3.63) is 66.3 Å². The number of thiophene rings is 2. The van der Waals surface area contributed by atoms with Gasteiger partial charge in [0.25, 0.3) is 26.0 Å². The minimum atomic E-state index is -3.96. The summed E-state index contributed by atoms with van der Waals surface area (Å²) in [4.78, 5) is 27.7. The molecular formula is C24H24Cl2N4O9S4. The van der Waals surface area contributed by atoms with Crippen LogP contribution in [0, 0.1) is 0 Å². The summed E-state index contributed by atoms with van der Waals surface area (Å²) in [5, 5.41) is 22.7. The first kappa shape index (κ1) is 34.1. The number of aromatic nitrogens is 1. The molecule has 2 aliphatic rings. The van der Waals surface area contributed by atoms with E-state index in [1.165, 1.54) is 25.4 Å². The molecule has 0 unspecified atom stereocenters. The van der Waals surface area contributed by atoms with Gasteiger partial charge in [-0.3, -0.25) is 13.4 Å². The highest BCUT2D eigenvalue weighted by molar-refractivity contribution is 7.90. The number of likely N-dealkylation sites (N-methyl/N-ethyl adjacent to an activating group) is 2. The number of nitrogens with one attached hydrogen (secondary N) is 1. The monoisotopic (exact) mass is 710 g/mol. The fourth-order valence-electron chi connectivity index (χ4n) is 3.64. The molecule has 43 heavy (non-hydrogen) atoms. The van der Waals surface area contributed by atoms with Gasteiger partial charge in [0.05, 0.1) is 25.5 Å². The molecule has 13 nitrogen and oxygen atoms in total. The number of nitrogens with zero attached hydrogens (tertiary/aromatic N) is 3. The van der Waals surface area contributed by atoms with Gasteiger partial charge in [0.15, 0.2) is 22.9 Å². The molecule has 1 amide bonds. The van der Waals surface area contributed by atoms with E-state index in [2.05, 4.69) is 15.0 Å². The van der Waals surface area contributed by atoms with Gasteiger partial charge in [0, 0.05) is 20.3 Å². The van der Waals surface area contributed by atoms with Gasteiger partial charge < -0.3 is 20.3 Å². The van der Waals surface area contributed by atoms with Crippen LogP contribution in [0.5, 0.6) is 0 Å². The van der Waals surface area contributed by atoms with Crippen molar-refractivity contribution in [2.24, 2.45) is 0 Å². The summed E-state index contributed by atoms with van der Waals surface area (Å²) < 4.78 is 55.4. The smallest absolute Gasteiger partial charge is 0.359 e. The summed E-state index contributed by atoms with van der Waals surface area (Å²) in [6, 6.07) is 7.35. The topological polar surface area (TPSA) is 184 Å². The highest BCUT2D eigenvalue weighted by atomic mass is 35.5. The van der Waals surface area contributed by atoms with Crippen molar-refractivity contribution >= 4 is 95.1 Å². The molecule has 5 heterocycles. The maximum atomic E-state index is 12.5. The van der Waals surface area contributed by atoms with Gasteiger partial charge in [-0.15, -0.1) is 22.7 Å². The van der Waals surface area contributed by atoms with E-state index in [4.69, 9.17) is 23.2 Å². The number of hydrogen-bond donors (Lipinski definition) is 3. The van der Waals surface area contributed by atoms with Gasteiger partial charge in [-0.1, -0.05) is 43.1 Å². The molecule has 0 saturated heterocycles. The second-order valence-electron chi connectivity index (χ2n) is 7.99. The molecule has 232 valence electrons. The summed E-state index contributed by atoms with van der Waals surface area (Å²) in [5.41, 5.74) is -0.815. The zero-order valence-electron chi connectivity index (χ0n) is 22.9. The first-order valence-corrected chi connectivity index (χ1v) is 17.1. The summed E-state index contributed by atoms with van der Waals surface area (Å²) in [6.07, 6.45) is 1.47. The highest BCUT2D eigenvalue weighted by Gasteiger charge is 2.41.